The van der Waals surface area contributed by atoms with Gasteiger partial charge in [-0.1, -0.05) is 104 Å². The number of nitrogens with zero attached hydrogens (tertiary/aromatic N) is 1. The van der Waals surface area contributed by atoms with Crippen LogP contribution in [0, 0.1) is 18.8 Å². The summed E-state index contributed by atoms with van der Waals surface area (Å²) in [5.41, 5.74) is 3.06. The smallest absolute Gasteiger partial charge is 0.416 e. The molecule has 2 amide bonds. The zero-order valence-corrected chi connectivity index (χ0v) is 30.8. The lowest BCUT2D eigenvalue weighted by Gasteiger charge is -2.30. The second kappa shape index (κ2) is 20.3. The SMILES string of the molecule is CC(=O)O[C@@H](C(=O)C=C(C(=O)CCCOC[C@@H](CO)OCc1ccccc1)c1cccc(C)c1)[C@@H](Cc1ccccc1)C(=O)N1C(=O)OC[C@H]1C(C)C. The summed E-state index contributed by atoms with van der Waals surface area (Å²) in [4.78, 5) is 68.8. The maximum Gasteiger partial charge on any atom is 0.416 e. The van der Waals surface area contributed by atoms with E-state index in [4.69, 9.17) is 18.9 Å². The van der Waals surface area contributed by atoms with E-state index in [-0.39, 0.29) is 56.5 Å². The highest BCUT2D eigenvalue weighted by Gasteiger charge is 2.46. The van der Waals surface area contributed by atoms with Gasteiger partial charge in [-0.05, 0) is 48.4 Å². The maximum atomic E-state index is 14.3. The van der Waals surface area contributed by atoms with E-state index in [2.05, 4.69) is 0 Å². The Morgan fingerprint density at radius 1 is 0.962 bits per heavy atom. The van der Waals surface area contributed by atoms with E-state index in [1.807, 2.05) is 57.2 Å². The van der Waals surface area contributed by atoms with E-state index in [0.717, 1.165) is 29.0 Å². The van der Waals surface area contributed by atoms with Gasteiger partial charge in [0.15, 0.2) is 17.7 Å². The summed E-state index contributed by atoms with van der Waals surface area (Å²) in [6, 6.07) is 25.0. The van der Waals surface area contributed by atoms with Crippen molar-refractivity contribution in [1.29, 1.82) is 0 Å². The van der Waals surface area contributed by atoms with Crippen LogP contribution < -0.4 is 0 Å². The van der Waals surface area contributed by atoms with Crippen molar-refractivity contribution in [1.82, 2.24) is 4.90 Å². The van der Waals surface area contributed by atoms with Gasteiger partial charge < -0.3 is 24.1 Å². The predicted octanol–water partition coefficient (Wildman–Crippen LogP) is 5.69. The molecule has 1 saturated heterocycles. The van der Waals surface area contributed by atoms with E-state index in [9.17, 15) is 29.1 Å². The van der Waals surface area contributed by atoms with E-state index in [1.165, 1.54) is 0 Å². The van der Waals surface area contributed by atoms with Crippen molar-refractivity contribution < 1.29 is 48.0 Å². The number of benzene rings is 3. The van der Waals surface area contributed by atoms with Crippen LogP contribution in [0.4, 0.5) is 4.79 Å². The second-order valence-corrected chi connectivity index (χ2v) is 13.5. The second-order valence-electron chi connectivity index (χ2n) is 13.5. The standard InChI is InChI=1S/C42H49NO10/c1-28(2)37-27-52-42(49)43(37)41(48)36(22-31-14-7-5-8-15-31)40(53-30(4)45)39(47)23-35(33-18-11-13-29(3)21-33)38(46)19-12-20-50-26-34(24-44)51-25-32-16-9-6-10-17-32/h5-11,13-18,21,23,28,34,36-37,40,44H,12,19-20,22,24-27H2,1-4H3/t34-,36-,37+,40-/m1/s1. The van der Waals surface area contributed by atoms with E-state index < -0.39 is 47.9 Å². The Labute approximate surface area is 310 Å². The molecule has 1 N–H and O–H groups in total. The van der Waals surface area contributed by atoms with Crippen LogP contribution in [0.25, 0.3) is 5.57 Å². The lowest BCUT2D eigenvalue weighted by atomic mass is 9.87. The van der Waals surface area contributed by atoms with Gasteiger partial charge in [-0.15, -0.1) is 0 Å². The molecule has 11 heteroatoms. The van der Waals surface area contributed by atoms with Gasteiger partial charge in [-0.25, -0.2) is 9.69 Å². The van der Waals surface area contributed by atoms with Crippen molar-refractivity contribution in [3.05, 3.63) is 113 Å². The number of amides is 2. The molecule has 1 heterocycles. The minimum Gasteiger partial charge on any atom is -0.453 e. The highest BCUT2D eigenvalue weighted by Crippen LogP contribution is 2.28. The molecule has 4 atom stereocenters. The van der Waals surface area contributed by atoms with Crippen molar-refractivity contribution >= 4 is 35.1 Å². The highest BCUT2D eigenvalue weighted by atomic mass is 16.6. The number of cyclic esters (lactones) is 1. The molecule has 11 nitrogen and oxygen atoms in total. The third-order valence-electron chi connectivity index (χ3n) is 8.91. The number of imide groups is 1. The molecular weight excluding hydrogens is 678 g/mol. The summed E-state index contributed by atoms with van der Waals surface area (Å²) in [5, 5.41) is 9.74. The Morgan fingerprint density at radius 3 is 2.26 bits per heavy atom. The number of rotatable bonds is 20. The van der Waals surface area contributed by atoms with Gasteiger partial charge in [-0.2, -0.15) is 0 Å². The van der Waals surface area contributed by atoms with Gasteiger partial charge in [-0.3, -0.25) is 19.2 Å². The van der Waals surface area contributed by atoms with Crippen LogP contribution in [-0.4, -0.2) is 84.2 Å². The van der Waals surface area contributed by atoms with E-state index in [0.29, 0.717) is 24.2 Å². The fraction of sp³-hybridized carbons (Fsp3) is 0.405. The van der Waals surface area contributed by atoms with Crippen molar-refractivity contribution in [3.8, 4) is 0 Å². The average Bonchev–Trinajstić information content (AvgIpc) is 3.54. The molecule has 0 unspecified atom stereocenters. The van der Waals surface area contributed by atoms with Gasteiger partial charge >= 0.3 is 12.1 Å². The number of hydrogen-bond acceptors (Lipinski definition) is 10. The highest BCUT2D eigenvalue weighted by molar-refractivity contribution is 6.25. The quantitative estimate of drug-likeness (QED) is 0.0876. The Morgan fingerprint density at radius 2 is 1.64 bits per heavy atom. The molecule has 53 heavy (non-hydrogen) atoms. The van der Waals surface area contributed by atoms with Crippen molar-refractivity contribution in [2.45, 2.75) is 71.8 Å². The Balaban J connectivity index is 1.56. The van der Waals surface area contributed by atoms with Crippen LogP contribution in [0.2, 0.25) is 0 Å². The lowest BCUT2D eigenvalue weighted by molar-refractivity contribution is -0.159. The number of aliphatic hydroxyl groups is 1. The molecule has 3 aromatic rings. The van der Waals surface area contributed by atoms with E-state index >= 15 is 0 Å². The third-order valence-corrected chi connectivity index (χ3v) is 8.91. The predicted molar refractivity (Wildman–Crippen MR) is 197 cm³/mol. The first-order valence-electron chi connectivity index (χ1n) is 17.9. The lowest BCUT2D eigenvalue weighted by Crippen LogP contribution is -2.50. The molecule has 0 radical (unpaired) electrons. The minimum absolute atomic E-state index is 0.00344. The molecule has 1 aliphatic rings. The number of ether oxygens (including phenoxy) is 4. The number of aliphatic hydroxyl groups excluding tert-OH is 1. The first-order chi connectivity index (χ1) is 25.5. The summed E-state index contributed by atoms with van der Waals surface area (Å²) < 4.78 is 22.3. The average molecular weight is 728 g/mol. The van der Waals surface area contributed by atoms with Crippen LogP contribution in [0.5, 0.6) is 0 Å². The van der Waals surface area contributed by atoms with Crippen LogP contribution >= 0.6 is 0 Å². The molecule has 0 aromatic heterocycles. The third kappa shape index (κ3) is 12.0. The first-order valence-corrected chi connectivity index (χ1v) is 17.9. The van der Waals surface area contributed by atoms with Crippen LogP contribution in [0.15, 0.2) is 91.0 Å². The molecule has 1 fully saturated rings. The first kappa shape index (κ1) is 40.8. The number of allylic oxidation sites excluding steroid dienone is 1. The molecule has 4 rings (SSSR count). The summed E-state index contributed by atoms with van der Waals surface area (Å²) in [6.45, 7) is 7.10. The molecule has 1 aliphatic heterocycles. The number of aryl methyl sites for hydroxylation is 1. The Kier molecular flexibility index (Phi) is 15.6. The largest absolute Gasteiger partial charge is 0.453 e. The van der Waals surface area contributed by atoms with Gasteiger partial charge in [0, 0.05) is 25.5 Å². The Bertz CT molecular complexity index is 1720. The minimum atomic E-state index is -1.65. The number of Topliss-reactive ketones (excluding diaryl/α,β-unsaturated/α-hetero) is 1. The summed E-state index contributed by atoms with van der Waals surface area (Å²) in [5.74, 6) is -4.09. The Hall–Kier alpha value is -4.97. The van der Waals surface area contributed by atoms with Gasteiger partial charge in [0.1, 0.15) is 12.7 Å². The zero-order chi connectivity index (χ0) is 38.3. The van der Waals surface area contributed by atoms with E-state index in [1.54, 1.807) is 48.5 Å². The zero-order valence-electron chi connectivity index (χ0n) is 30.8. The fourth-order valence-corrected chi connectivity index (χ4v) is 6.06. The monoisotopic (exact) mass is 727 g/mol. The topological polar surface area (TPSA) is 146 Å². The summed E-state index contributed by atoms with van der Waals surface area (Å²) >= 11 is 0. The van der Waals surface area contributed by atoms with Crippen molar-refractivity contribution in [3.63, 3.8) is 0 Å². The molecular formula is C42H49NO10. The number of carbonyl (C=O) groups is 5. The molecule has 0 spiro atoms. The molecule has 0 bridgehead atoms. The van der Waals surface area contributed by atoms with Crippen LogP contribution in [0.3, 0.4) is 0 Å². The van der Waals surface area contributed by atoms with Crippen molar-refractivity contribution in [2.24, 2.45) is 11.8 Å². The number of ketones is 2. The molecule has 282 valence electrons. The van der Waals surface area contributed by atoms with Gasteiger partial charge in [0.2, 0.25) is 5.91 Å². The number of esters is 1. The molecule has 0 saturated carbocycles. The van der Waals surface area contributed by atoms with Crippen LogP contribution in [0.1, 0.15) is 55.9 Å². The molecule has 3 aromatic carbocycles. The van der Waals surface area contributed by atoms with Crippen LogP contribution in [-0.2, 0) is 51.2 Å². The number of carbonyl (C=O) groups excluding carboxylic acids is 5. The normalized spacial score (nSPS) is 16.2. The fourth-order valence-electron chi connectivity index (χ4n) is 6.06. The van der Waals surface area contributed by atoms with Crippen molar-refractivity contribution in [2.75, 3.05) is 26.4 Å². The van der Waals surface area contributed by atoms with Gasteiger partial charge in [0.05, 0.1) is 31.8 Å². The summed E-state index contributed by atoms with van der Waals surface area (Å²) in [6.07, 6.45) is -1.59. The molecule has 0 aliphatic carbocycles. The number of hydrogen-bond donors (Lipinski definition) is 1. The maximum absolute atomic E-state index is 14.3. The summed E-state index contributed by atoms with van der Waals surface area (Å²) in [7, 11) is 0. The van der Waals surface area contributed by atoms with Gasteiger partial charge in [0.25, 0.3) is 0 Å².